The maximum absolute atomic E-state index is 11.6. The van der Waals surface area contributed by atoms with Crippen LogP contribution >= 0.6 is 0 Å². The normalized spacial score (nSPS) is 16.2. The van der Waals surface area contributed by atoms with Crippen molar-refractivity contribution in [3.8, 4) is 11.1 Å². The lowest BCUT2D eigenvalue weighted by atomic mass is 9.94. The van der Waals surface area contributed by atoms with E-state index in [9.17, 15) is 8.42 Å². The van der Waals surface area contributed by atoms with Gasteiger partial charge in [-0.3, -0.25) is 0 Å². The molecule has 0 fully saturated rings. The van der Waals surface area contributed by atoms with Gasteiger partial charge in [-0.15, -0.1) is 0 Å². The van der Waals surface area contributed by atoms with Crippen molar-refractivity contribution in [1.82, 2.24) is 4.31 Å². The average molecular weight is 327 g/mol. The quantitative estimate of drug-likeness (QED) is 0.862. The molecule has 0 amide bonds. The summed E-state index contributed by atoms with van der Waals surface area (Å²) in [7, 11) is -3.09. The molecule has 0 saturated carbocycles. The highest BCUT2D eigenvalue weighted by Gasteiger charge is 2.20. The van der Waals surface area contributed by atoms with Gasteiger partial charge in [0.2, 0.25) is 10.0 Å². The topological polar surface area (TPSA) is 37.4 Å². The second-order valence-electron chi connectivity index (χ2n) is 6.00. The molecular formula is C19H21NO2S. The van der Waals surface area contributed by atoms with Gasteiger partial charge in [0.1, 0.15) is 0 Å². The molecule has 3 nitrogen and oxygen atoms in total. The van der Waals surface area contributed by atoms with E-state index < -0.39 is 10.0 Å². The van der Waals surface area contributed by atoms with Gasteiger partial charge in [-0.05, 0) is 41.2 Å². The van der Waals surface area contributed by atoms with Crippen LogP contribution in [-0.4, -0.2) is 32.1 Å². The molecule has 0 radical (unpaired) electrons. The summed E-state index contributed by atoms with van der Waals surface area (Å²) in [6.45, 7) is 3.15. The van der Waals surface area contributed by atoms with Gasteiger partial charge in [-0.25, -0.2) is 8.42 Å². The summed E-state index contributed by atoms with van der Waals surface area (Å²) < 4.78 is 24.7. The van der Waals surface area contributed by atoms with Gasteiger partial charge in [0.05, 0.1) is 6.26 Å². The molecular weight excluding hydrogens is 306 g/mol. The molecule has 0 spiro atoms. The van der Waals surface area contributed by atoms with Gasteiger partial charge in [-0.1, -0.05) is 54.6 Å². The van der Waals surface area contributed by atoms with Gasteiger partial charge in [-0.2, -0.15) is 4.31 Å². The highest BCUT2D eigenvalue weighted by Crippen LogP contribution is 2.29. The molecule has 0 atom stereocenters. The zero-order chi connectivity index (χ0) is 16.4. The lowest BCUT2D eigenvalue weighted by Gasteiger charge is -2.24. The number of hydrogen-bond donors (Lipinski definition) is 0. The first kappa shape index (κ1) is 16.0. The van der Waals surface area contributed by atoms with Crippen molar-refractivity contribution in [2.75, 3.05) is 19.3 Å². The third kappa shape index (κ3) is 3.54. The highest BCUT2D eigenvalue weighted by atomic mass is 32.2. The van der Waals surface area contributed by atoms with Crippen LogP contribution in [0, 0.1) is 6.92 Å². The average Bonchev–Trinajstić information content (AvgIpc) is 2.55. The zero-order valence-corrected chi connectivity index (χ0v) is 14.3. The Bertz CT molecular complexity index is 839. The molecule has 2 aromatic rings. The molecule has 0 bridgehead atoms. The minimum atomic E-state index is -3.09. The highest BCUT2D eigenvalue weighted by molar-refractivity contribution is 7.88. The predicted molar refractivity (Wildman–Crippen MR) is 95.6 cm³/mol. The molecule has 3 rings (SSSR count). The summed E-state index contributed by atoms with van der Waals surface area (Å²) in [5, 5.41) is 0. The number of nitrogens with zero attached hydrogens (tertiary/aromatic N) is 1. The van der Waals surface area contributed by atoms with Crippen molar-refractivity contribution >= 4 is 15.6 Å². The molecule has 0 saturated heterocycles. The molecule has 0 aromatic heterocycles. The van der Waals surface area contributed by atoms with E-state index in [0.29, 0.717) is 13.1 Å². The molecule has 120 valence electrons. The minimum Gasteiger partial charge on any atom is -0.212 e. The summed E-state index contributed by atoms with van der Waals surface area (Å²) in [6.07, 6.45) is 4.06. The van der Waals surface area contributed by atoms with Crippen LogP contribution < -0.4 is 0 Å². The first-order valence-electron chi connectivity index (χ1n) is 7.76. The van der Waals surface area contributed by atoms with Crippen LogP contribution in [0.2, 0.25) is 0 Å². The third-order valence-electron chi connectivity index (χ3n) is 4.32. The number of rotatable bonds is 3. The maximum Gasteiger partial charge on any atom is 0.211 e. The van der Waals surface area contributed by atoms with E-state index in [4.69, 9.17) is 0 Å². The molecule has 1 heterocycles. The smallest absolute Gasteiger partial charge is 0.211 e. The van der Waals surface area contributed by atoms with Crippen LogP contribution in [-0.2, 0) is 10.0 Å². The minimum absolute atomic E-state index is 0.466. The van der Waals surface area contributed by atoms with Crippen LogP contribution in [0.15, 0.2) is 54.6 Å². The van der Waals surface area contributed by atoms with E-state index in [1.165, 1.54) is 38.4 Å². The van der Waals surface area contributed by atoms with Crippen LogP contribution in [0.3, 0.4) is 0 Å². The second-order valence-corrected chi connectivity index (χ2v) is 7.98. The standard InChI is InChI=1S/C19H21NO2S/c1-15-14-18(8-9-19(15)17-6-4-3-5-7-17)16-10-12-20(13-11-16)23(2,21)22/h3-10,14H,11-13H2,1-2H3. The van der Waals surface area contributed by atoms with Crippen molar-refractivity contribution in [3.63, 3.8) is 0 Å². The van der Waals surface area contributed by atoms with Crippen LogP contribution in [0.1, 0.15) is 17.5 Å². The Labute approximate surface area is 138 Å². The number of hydrogen-bond acceptors (Lipinski definition) is 2. The van der Waals surface area contributed by atoms with Crippen LogP contribution in [0.4, 0.5) is 0 Å². The molecule has 1 aliphatic heterocycles. The van der Waals surface area contributed by atoms with Gasteiger partial charge in [0.25, 0.3) is 0 Å². The van der Waals surface area contributed by atoms with E-state index in [2.05, 4.69) is 37.3 Å². The Morgan fingerprint density at radius 2 is 1.74 bits per heavy atom. The largest absolute Gasteiger partial charge is 0.212 e. The van der Waals surface area contributed by atoms with Crippen LogP contribution in [0.25, 0.3) is 16.7 Å². The number of sulfonamides is 1. The van der Waals surface area contributed by atoms with Crippen molar-refractivity contribution < 1.29 is 8.42 Å². The monoisotopic (exact) mass is 327 g/mol. The fourth-order valence-corrected chi connectivity index (χ4v) is 3.79. The van der Waals surface area contributed by atoms with Gasteiger partial charge in [0.15, 0.2) is 0 Å². The SMILES string of the molecule is Cc1cc(C2=CCN(S(C)(=O)=O)CC2)ccc1-c1ccccc1. The van der Waals surface area contributed by atoms with E-state index >= 15 is 0 Å². The molecule has 0 aliphatic carbocycles. The Morgan fingerprint density at radius 3 is 2.30 bits per heavy atom. The molecule has 0 unspecified atom stereocenters. The number of aryl methyl sites for hydroxylation is 1. The van der Waals surface area contributed by atoms with Crippen LogP contribution in [0.5, 0.6) is 0 Å². The summed E-state index contributed by atoms with van der Waals surface area (Å²) in [4.78, 5) is 0. The molecule has 0 N–H and O–H groups in total. The Balaban J connectivity index is 1.86. The fraction of sp³-hybridized carbons (Fsp3) is 0.263. The lowest BCUT2D eigenvalue weighted by Crippen LogP contribution is -2.33. The van der Waals surface area contributed by atoms with E-state index in [1.807, 2.05) is 24.3 Å². The van der Waals surface area contributed by atoms with E-state index in [-0.39, 0.29) is 0 Å². The second kappa shape index (κ2) is 6.30. The maximum atomic E-state index is 11.6. The lowest BCUT2D eigenvalue weighted by molar-refractivity contribution is 0.446. The van der Waals surface area contributed by atoms with Crippen molar-refractivity contribution in [2.45, 2.75) is 13.3 Å². The fourth-order valence-electron chi connectivity index (χ4n) is 3.02. The van der Waals surface area contributed by atoms with Gasteiger partial charge in [0, 0.05) is 13.1 Å². The summed E-state index contributed by atoms with van der Waals surface area (Å²) >= 11 is 0. The van der Waals surface area contributed by atoms with Crippen molar-refractivity contribution in [3.05, 3.63) is 65.7 Å². The van der Waals surface area contributed by atoms with Gasteiger partial charge >= 0.3 is 0 Å². The van der Waals surface area contributed by atoms with Crippen molar-refractivity contribution in [1.29, 1.82) is 0 Å². The molecule has 1 aliphatic rings. The Morgan fingerprint density at radius 1 is 1.00 bits per heavy atom. The first-order chi connectivity index (χ1) is 10.9. The number of benzene rings is 2. The summed E-state index contributed by atoms with van der Waals surface area (Å²) in [5.41, 5.74) is 6.11. The summed E-state index contributed by atoms with van der Waals surface area (Å²) in [5.74, 6) is 0. The van der Waals surface area contributed by atoms with Crippen molar-refractivity contribution in [2.24, 2.45) is 0 Å². The zero-order valence-electron chi connectivity index (χ0n) is 13.5. The predicted octanol–water partition coefficient (Wildman–Crippen LogP) is 3.71. The summed E-state index contributed by atoms with van der Waals surface area (Å²) in [6, 6.07) is 16.8. The Hall–Kier alpha value is -1.91. The van der Waals surface area contributed by atoms with Gasteiger partial charge < -0.3 is 0 Å². The van der Waals surface area contributed by atoms with E-state index in [1.54, 1.807) is 0 Å². The molecule has 4 heteroatoms. The first-order valence-corrected chi connectivity index (χ1v) is 9.60. The molecule has 2 aromatic carbocycles. The third-order valence-corrected chi connectivity index (χ3v) is 5.59. The Kier molecular flexibility index (Phi) is 4.37. The molecule has 23 heavy (non-hydrogen) atoms. The van der Waals surface area contributed by atoms with E-state index in [0.717, 1.165) is 6.42 Å².